The van der Waals surface area contributed by atoms with Crippen molar-refractivity contribution in [3.8, 4) is 5.75 Å². The number of alkyl halides is 3. The number of hydrogen-bond acceptors (Lipinski definition) is 6. The lowest BCUT2D eigenvalue weighted by atomic mass is 9.94. The molecule has 1 aliphatic rings. The van der Waals surface area contributed by atoms with Crippen LogP contribution in [0.5, 0.6) is 5.75 Å². The number of carbonyl (C=O) groups is 3. The van der Waals surface area contributed by atoms with Crippen LogP contribution in [0.2, 0.25) is 0 Å². The van der Waals surface area contributed by atoms with Crippen LogP contribution in [0.1, 0.15) is 24.0 Å². The van der Waals surface area contributed by atoms with Gasteiger partial charge in [-0.25, -0.2) is 4.79 Å². The van der Waals surface area contributed by atoms with Gasteiger partial charge in [-0.2, -0.15) is 13.2 Å². The van der Waals surface area contributed by atoms with Gasteiger partial charge < -0.3 is 25.6 Å². The molecule has 1 heterocycles. The zero-order valence-electron chi connectivity index (χ0n) is 15.8. The summed E-state index contributed by atoms with van der Waals surface area (Å²) in [6.45, 7) is 1.54. The number of fused-ring (bicyclic) bond motifs is 1. The highest BCUT2D eigenvalue weighted by Crippen LogP contribution is 2.24. The average molecular weight is 420 g/mol. The van der Waals surface area contributed by atoms with Gasteiger partial charge >= 0.3 is 18.1 Å². The lowest BCUT2D eigenvalue weighted by Gasteiger charge is -2.11. The quantitative estimate of drug-likeness (QED) is 0.469. The minimum absolute atomic E-state index is 0.153. The highest BCUT2D eigenvalue weighted by Gasteiger charge is 2.40. The maximum absolute atomic E-state index is 11.9. The van der Waals surface area contributed by atoms with E-state index in [1.165, 1.54) is 0 Å². The van der Waals surface area contributed by atoms with Crippen molar-refractivity contribution in [3.63, 3.8) is 0 Å². The fourth-order valence-electron chi connectivity index (χ4n) is 2.51. The second-order valence-electron chi connectivity index (χ2n) is 6.13. The Kier molecular flexibility index (Phi) is 9.39. The number of nitrogens with two attached hydrogens (primary N) is 1. The molecule has 1 aromatic carbocycles. The number of carboxylic acid groups (broad SMARTS) is 1. The second kappa shape index (κ2) is 11.2. The molecule has 0 bridgehead atoms. The number of rotatable bonds is 6. The minimum Gasteiger partial charge on any atom is -0.494 e. The van der Waals surface area contributed by atoms with E-state index in [2.05, 4.69) is 10.1 Å². The monoisotopic (exact) mass is 420 g/mol. The summed E-state index contributed by atoms with van der Waals surface area (Å²) in [4.78, 5) is 32.2. The molecule has 1 atom stereocenters. The summed E-state index contributed by atoms with van der Waals surface area (Å²) in [5, 5.41) is 11.7. The summed E-state index contributed by atoms with van der Waals surface area (Å²) >= 11 is 0. The van der Waals surface area contributed by atoms with Crippen LogP contribution < -0.4 is 15.8 Å². The minimum atomic E-state index is -4.85. The molecule has 4 N–H and O–H groups in total. The number of ether oxygens (including phenoxy) is 2. The third-order valence-electron chi connectivity index (χ3n) is 3.92. The third-order valence-corrected chi connectivity index (χ3v) is 3.92. The molecule has 0 spiro atoms. The number of amides is 1. The Labute approximate surface area is 165 Å². The number of esters is 1. The van der Waals surface area contributed by atoms with Crippen LogP contribution in [-0.4, -0.2) is 49.4 Å². The largest absolute Gasteiger partial charge is 0.494 e. The first kappa shape index (κ1) is 24.2. The maximum atomic E-state index is 11.9. The van der Waals surface area contributed by atoms with Gasteiger partial charge in [0, 0.05) is 6.54 Å². The zero-order chi connectivity index (χ0) is 22.0. The van der Waals surface area contributed by atoms with Crippen molar-refractivity contribution in [2.75, 3.05) is 20.3 Å². The Morgan fingerprint density at radius 2 is 2.00 bits per heavy atom. The molecule has 0 radical (unpaired) electrons. The van der Waals surface area contributed by atoms with E-state index in [0.29, 0.717) is 33.2 Å². The molecule has 1 aliphatic heterocycles. The van der Waals surface area contributed by atoms with E-state index in [9.17, 15) is 27.6 Å². The van der Waals surface area contributed by atoms with Gasteiger partial charge in [0.05, 0.1) is 26.1 Å². The van der Waals surface area contributed by atoms with Crippen LogP contribution in [-0.2, 0) is 32.1 Å². The third kappa shape index (κ3) is 8.38. The predicted molar refractivity (Wildman–Crippen MR) is 95.0 cm³/mol. The van der Waals surface area contributed by atoms with E-state index in [1.807, 2.05) is 18.2 Å². The number of halogens is 3. The number of aliphatic carboxylic acids is 1. The number of benzene rings is 1. The number of nitrogens with one attached hydrogen (secondary N) is 1. The maximum Gasteiger partial charge on any atom is 0.490 e. The van der Waals surface area contributed by atoms with Gasteiger partial charge in [0.2, 0.25) is 5.91 Å². The van der Waals surface area contributed by atoms with Gasteiger partial charge in [0.1, 0.15) is 5.75 Å². The van der Waals surface area contributed by atoms with Crippen molar-refractivity contribution < 1.29 is 42.1 Å². The molecule has 162 valence electrons. The molecule has 2 rings (SSSR count). The Hall–Kier alpha value is -2.82. The van der Waals surface area contributed by atoms with E-state index in [0.717, 1.165) is 23.3 Å². The number of methoxy groups -OCH3 is 1. The van der Waals surface area contributed by atoms with Gasteiger partial charge in [-0.1, -0.05) is 6.07 Å². The number of carboxylic acids is 1. The summed E-state index contributed by atoms with van der Waals surface area (Å²) in [6, 6.07) is 5.65. The molecule has 1 aromatic rings. The van der Waals surface area contributed by atoms with Gasteiger partial charge in [0.25, 0.3) is 0 Å². The number of carbonyl (C=O) groups excluding carboxylic acids is 2. The van der Waals surface area contributed by atoms with Crippen LogP contribution in [0.3, 0.4) is 0 Å². The second-order valence-corrected chi connectivity index (χ2v) is 6.13. The lowest BCUT2D eigenvalue weighted by Crippen LogP contribution is -2.30. The molecule has 0 saturated heterocycles. The lowest BCUT2D eigenvalue weighted by molar-refractivity contribution is -0.196. The molecule has 11 heteroatoms. The molecule has 1 amide bonds. The van der Waals surface area contributed by atoms with Crippen molar-refractivity contribution in [1.29, 1.82) is 0 Å². The van der Waals surface area contributed by atoms with Crippen LogP contribution in [0.4, 0.5) is 13.2 Å². The fraction of sp³-hybridized carbons (Fsp3) is 0.500. The van der Waals surface area contributed by atoms with E-state index in [-0.39, 0.29) is 12.3 Å². The normalized spacial score (nSPS) is 15.8. The topological polar surface area (TPSA) is 128 Å². The van der Waals surface area contributed by atoms with Gasteiger partial charge in [-0.3, -0.25) is 9.59 Å². The summed E-state index contributed by atoms with van der Waals surface area (Å²) in [6.07, 6.45) is -3.78. The molecule has 0 fully saturated rings. The smallest absolute Gasteiger partial charge is 0.490 e. The van der Waals surface area contributed by atoms with Gasteiger partial charge in [0.15, 0.2) is 0 Å². The van der Waals surface area contributed by atoms with Crippen molar-refractivity contribution in [1.82, 2.24) is 5.32 Å². The zero-order valence-corrected chi connectivity index (χ0v) is 15.8. The summed E-state index contributed by atoms with van der Waals surface area (Å²) in [7, 11) is 0.676. The first-order valence-corrected chi connectivity index (χ1v) is 8.67. The van der Waals surface area contributed by atoms with Gasteiger partial charge in [-0.05, 0) is 42.6 Å². The molecule has 0 aromatic heterocycles. The summed E-state index contributed by atoms with van der Waals surface area (Å²) in [5.41, 5.74) is 7.38. The van der Waals surface area contributed by atoms with E-state index < -0.39 is 24.0 Å². The van der Waals surface area contributed by atoms with Crippen LogP contribution in [0.15, 0.2) is 18.2 Å². The Bertz CT molecular complexity index is 724. The SMILES string of the molecule is COC(=O)C(F)(F)F.NCCCOc1ccc2c(c1)CNC(=O)C(CC(=O)O)C2. The van der Waals surface area contributed by atoms with Crippen molar-refractivity contribution >= 4 is 17.8 Å². The molecular formula is C18H23F3N2O6. The van der Waals surface area contributed by atoms with Crippen LogP contribution in [0.25, 0.3) is 0 Å². The molecule has 1 unspecified atom stereocenters. The van der Waals surface area contributed by atoms with Crippen LogP contribution >= 0.6 is 0 Å². The van der Waals surface area contributed by atoms with E-state index in [4.69, 9.17) is 15.6 Å². The Balaban J connectivity index is 0.000000447. The molecule has 29 heavy (non-hydrogen) atoms. The van der Waals surface area contributed by atoms with E-state index >= 15 is 0 Å². The first-order valence-electron chi connectivity index (χ1n) is 8.67. The summed E-state index contributed by atoms with van der Waals surface area (Å²) in [5.74, 6) is -3.11. The van der Waals surface area contributed by atoms with Crippen molar-refractivity contribution in [2.45, 2.75) is 32.0 Å². The fourth-order valence-corrected chi connectivity index (χ4v) is 2.51. The number of hydrogen-bond donors (Lipinski definition) is 3. The van der Waals surface area contributed by atoms with Crippen molar-refractivity contribution in [2.24, 2.45) is 11.7 Å². The first-order chi connectivity index (χ1) is 13.6. The standard InChI is InChI=1S/C15H20N2O4.C3H3F3O2/c16-4-1-5-21-13-3-2-10-6-11(8-14(18)19)15(20)17-9-12(10)7-13;1-8-2(7)3(4,5)6/h2-3,7,11H,1,4-6,8-9,16H2,(H,17,20)(H,18,19);1H3. The van der Waals surface area contributed by atoms with Gasteiger partial charge in [-0.15, -0.1) is 0 Å². The molecule has 8 nitrogen and oxygen atoms in total. The van der Waals surface area contributed by atoms with E-state index in [1.54, 1.807) is 0 Å². The molecular weight excluding hydrogens is 397 g/mol. The highest BCUT2D eigenvalue weighted by atomic mass is 19.4. The summed E-state index contributed by atoms with van der Waals surface area (Å²) < 4.78 is 41.9. The van der Waals surface area contributed by atoms with Crippen LogP contribution in [0, 0.1) is 5.92 Å². The highest BCUT2D eigenvalue weighted by molar-refractivity contribution is 5.84. The Morgan fingerprint density at radius 1 is 1.31 bits per heavy atom. The van der Waals surface area contributed by atoms with Crippen molar-refractivity contribution in [3.05, 3.63) is 29.3 Å². The predicted octanol–water partition coefficient (Wildman–Crippen LogP) is 1.40. The molecule has 0 aliphatic carbocycles. The molecule has 0 saturated carbocycles. The average Bonchev–Trinajstić information content (AvgIpc) is 2.80. The Morgan fingerprint density at radius 3 is 2.52 bits per heavy atom.